The molecule has 0 saturated carbocycles. The van der Waals surface area contributed by atoms with Crippen molar-refractivity contribution >= 4 is 28.8 Å². The number of aliphatic hydroxyl groups is 1. The molecular weight excluding hydrogens is 324 g/mol. The summed E-state index contributed by atoms with van der Waals surface area (Å²) in [7, 11) is 0. The minimum absolute atomic E-state index is 0.178. The van der Waals surface area contributed by atoms with Crippen LogP contribution in [0.1, 0.15) is 10.4 Å². The van der Waals surface area contributed by atoms with E-state index >= 15 is 0 Å². The van der Waals surface area contributed by atoms with Gasteiger partial charge in [0.15, 0.2) is 0 Å². The molecule has 1 unspecified atom stereocenters. The molecular formula is C14H17ClN4O2S. The van der Waals surface area contributed by atoms with Crippen molar-refractivity contribution in [3.8, 4) is 0 Å². The number of hydrogen-bond acceptors (Lipinski definition) is 5. The molecule has 2 rings (SSSR count). The van der Waals surface area contributed by atoms with Gasteiger partial charge in [-0.3, -0.25) is 4.79 Å². The molecule has 0 spiro atoms. The predicted octanol–water partition coefficient (Wildman–Crippen LogP) is 1.88. The summed E-state index contributed by atoms with van der Waals surface area (Å²) in [6.07, 6.45) is 3.69. The monoisotopic (exact) mass is 340 g/mol. The van der Waals surface area contributed by atoms with Crippen molar-refractivity contribution in [3.05, 3.63) is 45.9 Å². The highest BCUT2D eigenvalue weighted by molar-refractivity contribution is 7.16. The molecule has 0 saturated heterocycles. The van der Waals surface area contributed by atoms with Gasteiger partial charge in [0.05, 0.1) is 23.2 Å². The van der Waals surface area contributed by atoms with E-state index in [-0.39, 0.29) is 19.0 Å². The van der Waals surface area contributed by atoms with E-state index in [0.717, 1.165) is 10.4 Å². The average Bonchev–Trinajstić information content (AvgIpc) is 3.07. The third kappa shape index (κ3) is 4.40. The Morgan fingerprint density at radius 3 is 3.00 bits per heavy atom. The Morgan fingerprint density at radius 2 is 2.45 bits per heavy atom. The highest BCUT2D eigenvalue weighted by atomic mass is 35.5. The summed E-state index contributed by atoms with van der Waals surface area (Å²) in [5, 5.41) is 17.6. The summed E-state index contributed by atoms with van der Waals surface area (Å²) in [5.41, 5.74) is 0.971. The van der Waals surface area contributed by atoms with Gasteiger partial charge in [-0.25, -0.2) is 4.68 Å². The zero-order valence-corrected chi connectivity index (χ0v) is 13.7. The first-order valence-electron chi connectivity index (χ1n) is 6.68. The highest BCUT2D eigenvalue weighted by Crippen LogP contribution is 2.27. The van der Waals surface area contributed by atoms with E-state index < -0.39 is 6.10 Å². The van der Waals surface area contributed by atoms with Crippen LogP contribution in [-0.4, -0.2) is 43.6 Å². The molecule has 0 aliphatic rings. The van der Waals surface area contributed by atoms with Crippen LogP contribution in [-0.2, 0) is 17.9 Å². The number of amides is 1. The van der Waals surface area contributed by atoms with Crippen LogP contribution in [0.25, 0.3) is 0 Å². The zero-order chi connectivity index (χ0) is 16.1. The number of hydrogen-bond donors (Lipinski definition) is 1. The Morgan fingerprint density at radius 1 is 1.68 bits per heavy atom. The minimum atomic E-state index is -0.750. The normalized spacial score (nSPS) is 12.1. The van der Waals surface area contributed by atoms with Crippen LogP contribution in [0.2, 0.25) is 4.34 Å². The fourth-order valence-electron chi connectivity index (χ4n) is 2.06. The SMILES string of the molecule is C=CC(=O)N(Cc1cc(Cl)sc1C)CC(O)Cn1ccnn1. The molecule has 1 atom stereocenters. The number of carbonyl (C=O) groups excluding carboxylic acids is 1. The van der Waals surface area contributed by atoms with Crippen molar-refractivity contribution in [3.63, 3.8) is 0 Å². The second kappa shape index (κ2) is 7.53. The van der Waals surface area contributed by atoms with Gasteiger partial charge < -0.3 is 10.0 Å². The van der Waals surface area contributed by atoms with Crippen molar-refractivity contribution in [2.75, 3.05) is 6.54 Å². The van der Waals surface area contributed by atoms with Crippen molar-refractivity contribution < 1.29 is 9.90 Å². The Labute approximate surface area is 137 Å². The third-order valence-corrected chi connectivity index (χ3v) is 4.36. The van der Waals surface area contributed by atoms with E-state index in [1.165, 1.54) is 28.3 Å². The lowest BCUT2D eigenvalue weighted by Gasteiger charge is -2.24. The van der Waals surface area contributed by atoms with E-state index in [0.29, 0.717) is 10.9 Å². The number of carbonyl (C=O) groups is 1. The van der Waals surface area contributed by atoms with E-state index in [2.05, 4.69) is 16.9 Å². The maximum atomic E-state index is 12.0. The molecule has 0 aromatic carbocycles. The molecule has 0 radical (unpaired) electrons. The number of halogens is 1. The Balaban J connectivity index is 2.04. The van der Waals surface area contributed by atoms with Crippen molar-refractivity contribution in [1.82, 2.24) is 19.9 Å². The Hall–Kier alpha value is -1.70. The summed E-state index contributed by atoms with van der Waals surface area (Å²) in [4.78, 5) is 14.6. The quantitative estimate of drug-likeness (QED) is 0.781. The fourth-order valence-corrected chi connectivity index (χ4v) is 3.29. The number of aliphatic hydroxyl groups excluding tert-OH is 1. The summed E-state index contributed by atoms with van der Waals surface area (Å²) >= 11 is 7.46. The van der Waals surface area contributed by atoms with Gasteiger partial charge in [-0.05, 0) is 24.6 Å². The first kappa shape index (κ1) is 16.7. The van der Waals surface area contributed by atoms with Crippen LogP contribution < -0.4 is 0 Å². The summed E-state index contributed by atoms with van der Waals surface area (Å²) < 4.78 is 2.20. The van der Waals surface area contributed by atoms with Crippen LogP contribution in [0.15, 0.2) is 31.1 Å². The Kier molecular flexibility index (Phi) is 5.70. The fraction of sp³-hybridized carbons (Fsp3) is 0.357. The zero-order valence-electron chi connectivity index (χ0n) is 12.1. The summed E-state index contributed by atoms with van der Waals surface area (Å²) in [5.74, 6) is -0.237. The maximum absolute atomic E-state index is 12.0. The lowest BCUT2D eigenvalue weighted by molar-refractivity contribution is -0.128. The largest absolute Gasteiger partial charge is 0.389 e. The molecule has 1 amide bonds. The lowest BCUT2D eigenvalue weighted by atomic mass is 10.2. The van der Waals surface area contributed by atoms with Crippen molar-refractivity contribution in [1.29, 1.82) is 0 Å². The van der Waals surface area contributed by atoms with Crippen LogP contribution >= 0.6 is 22.9 Å². The van der Waals surface area contributed by atoms with Crippen LogP contribution in [0.4, 0.5) is 0 Å². The molecule has 2 heterocycles. The van der Waals surface area contributed by atoms with Crippen molar-refractivity contribution in [2.45, 2.75) is 26.1 Å². The molecule has 6 nitrogen and oxygen atoms in total. The van der Waals surface area contributed by atoms with Gasteiger partial charge in [-0.15, -0.1) is 16.4 Å². The van der Waals surface area contributed by atoms with Gasteiger partial charge in [-0.1, -0.05) is 23.4 Å². The van der Waals surface area contributed by atoms with Gasteiger partial charge in [-0.2, -0.15) is 0 Å². The molecule has 2 aromatic rings. The van der Waals surface area contributed by atoms with Crippen LogP contribution in [0, 0.1) is 6.92 Å². The second-order valence-electron chi connectivity index (χ2n) is 4.83. The molecule has 118 valence electrons. The summed E-state index contributed by atoms with van der Waals surface area (Å²) in [6.45, 7) is 6.29. The molecule has 0 aliphatic carbocycles. The summed E-state index contributed by atoms with van der Waals surface area (Å²) in [6, 6.07) is 1.84. The second-order valence-corrected chi connectivity index (χ2v) is 6.72. The molecule has 22 heavy (non-hydrogen) atoms. The van der Waals surface area contributed by atoms with E-state index in [4.69, 9.17) is 11.6 Å². The maximum Gasteiger partial charge on any atom is 0.246 e. The van der Waals surface area contributed by atoms with E-state index in [1.807, 2.05) is 13.0 Å². The third-order valence-electron chi connectivity index (χ3n) is 3.14. The van der Waals surface area contributed by atoms with E-state index in [9.17, 15) is 9.90 Å². The average molecular weight is 341 g/mol. The molecule has 0 fully saturated rings. The highest BCUT2D eigenvalue weighted by Gasteiger charge is 2.18. The van der Waals surface area contributed by atoms with Gasteiger partial charge >= 0.3 is 0 Å². The lowest BCUT2D eigenvalue weighted by Crippen LogP contribution is -2.37. The van der Waals surface area contributed by atoms with Crippen molar-refractivity contribution in [2.24, 2.45) is 0 Å². The molecule has 0 aliphatic heterocycles. The first-order chi connectivity index (χ1) is 10.5. The standard InChI is InChI=1S/C14H17ClN4O2S/c1-3-14(21)18(7-11-6-13(15)22-10(11)2)8-12(20)9-19-5-4-16-17-19/h3-6,12,20H,1,7-9H2,2H3. The minimum Gasteiger partial charge on any atom is -0.389 e. The molecule has 2 aromatic heterocycles. The number of rotatable bonds is 7. The first-order valence-corrected chi connectivity index (χ1v) is 7.87. The number of thiophene rings is 1. The van der Waals surface area contributed by atoms with Gasteiger partial charge in [0.1, 0.15) is 0 Å². The van der Waals surface area contributed by atoms with E-state index in [1.54, 1.807) is 11.1 Å². The molecule has 1 N–H and O–H groups in total. The van der Waals surface area contributed by atoms with Gasteiger partial charge in [0, 0.05) is 24.2 Å². The number of nitrogens with zero attached hydrogens (tertiary/aromatic N) is 4. The number of aryl methyl sites for hydroxylation is 1. The molecule has 8 heteroatoms. The predicted molar refractivity (Wildman–Crippen MR) is 85.7 cm³/mol. The Bertz CT molecular complexity index is 641. The molecule has 0 bridgehead atoms. The number of aromatic nitrogens is 3. The van der Waals surface area contributed by atoms with Gasteiger partial charge in [0.2, 0.25) is 5.91 Å². The van der Waals surface area contributed by atoms with Crippen LogP contribution in [0.5, 0.6) is 0 Å². The van der Waals surface area contributed by atoms with Crippen LogP contribution in [0.3, 0.4) is 0 Å². The topological polar surface area (TPSA) is 71.2 Å². The van der Waals surface area contributed by atoms with Gasteiger partial charge in [0.25, 0.3) is 0 Å². The smallest absolute Gasteiger partial charge is 0.246 e.